The lowest BCUT2D eigenvalue weighted by Gasteiger charge is -2.11. The first-order valence-corrected chi connectivity index (χ1v) is 2.47. The standard InChI is InChI=1S/C5H8N2O/c1-5(4-8)6-2-3-7-5/h2-3,8H,4H2,1H3. The molecule has 3 nitrogen and oxygen atoms in total. The predicted octanol–water partition coefficient (Wildman–Crippen LogP) is -0.150. The van der Waals surface area contributed by atoms with Crippen LogP contribution in [0.15, 0.2) is 9.98 Å². The average Bonchev–Trinajstić information content (AvgIpc) is 2.17. The van der Waals surface area contributed by atoms with Crippen molar-refractivity contribution in [1.29, 1.82) is 0 Å². The van der Waals surface area contributed by atoms with Gasteiger partial charge in [0, 0.05) is 12.4 Å². The SMILES string of the molecule is CC1(CO)N=CC=N1. The van der Waals surface area contributed by atoms with Gasteiger partial charge < -0.3 is 5.11 Å². The van der Waals surface area contributed by atoms with Crippen molar-refractivity contribution < 1.29 is 5.11 Å². The van der Waals surface area contributed by atoms with Gasteiger partial charge in [-0.25, -0.2) is 0 Å². The molecule has 0 atom stereocenters. The van der Waals surface area contributed by atoms with Gasteiger partial charge in [0.2, 0.25) is 0 Å². The van der Waals surface area contributed by atoms with E-state index in [1.807, 2.05) is 0 Å². The lowest BCUT2D eigenvalue weighted by Crippen LogP contribution is -2.21. The minimum atomic E-state index is -0.569. The Bertz CT molecular complexity index is 127. The molecule has 0 bridgehead atoms. The number of nitrogens with zero attached hydrogens (tertiary/aromatic N) is 2. The number of aliphatic hydroxyl groups is 1. The van der Waals surface area contributed by atoms with Crippen molar-refractivity contribution in [3.8, 4) is 0 Å². The maximum Gasteiger partial charge on any atom is 0.170 e. The van der Waals surface area contributed by atoms with Crippen molar-refractivity contribution >= 4 is 12.4 Å². The molecule has 0 spiro atoms. The van der Waals surface area contributed by atoms with E-state index in [0.717, 1.165) is 0 Å². The van der Waals surface area contributed by atoms with E-state index in [4.69, 9.17) is 5.11 Å². The quantitative estimate of drug-likeness (QED) is 0.503. The van der Waals surface area contributed by atoms with Gasteiger partial charge in [0.1, 0.15) is 0 Å². The van der Waals surface area contributed by atoms with E-state index in [9.17, 15) is 0 Å². The second kappa shape index (κ2) is 1.67. The summed E-state index contributed by atoms with van der Waals surface area (Å²) >= 11 is 0. The highest BCUT2D eigenvalue weighted by molar-refractivity contribution is 6.17. The lowest BCUT2D eigenvalue weighted by atomic mass is 10.3. The molecule has 0 radical (unpaired) electrons. The smallest absolute Gasteiger partial charge is 0.170 e. The molecule has 0 unspecified atom stereocenters. The summed E-state index contributed by atoms with van der Waals surface area (Å²) in [5.74, 6) is 0. The number of hydrogen-bond donors (Lipinski definition) is 1. The molecule has 1 heterocycles. The van der Waals surface area contributed by atoms with Crippen LogP contribution in [0.25, 0.3) is 0 Å². The second-order valence-corrected chi connectivity index (χ2v) is 1.93. The Morgan fingerprint density at radius 2 is 2.00 bits per heavy atom. The Morgan fingerprint density at radius 1 is 1.50 bits per heavy atom. The maximum atomic E-state index is 8.60. The Kier molecular flexibility index (Phi) is 1.13. The molecular formula is C5H8N2O. The monoisotopic (exact) mass is 112 g/mol. The van der Waals surface area contributed by atoms with Gasteiger partial charge in [0.15, 0.2) is 5.66 Å². The summed E-state index contributed by atoms with van der Waals surface area (Å²) < 4.78 is 0. The summed E-state index contributed by atoms with van der Waals surface area (Å²) in [4.78, 5) is 7.78. The van der Waals surface area contributed by atoms with Crippen LogP contribution in [-0.2, 0) is 0 Å². The molecule has 1 aliphatic rings. The van der Waals surface area contributed by atoms with Crippen molar-refractivity contribution in [2.24, 2.45) is 9.98 Å². The molecule has 0 aromatic heterocycles. The van der Waals surface area contributed by atoms with Crippen LogP contribution in [0.2, 0.25) is 0 Å². The molecule has 8 heavy (non-hydrogen) atoms. The third kappa shape index (κ3) is 0.767. The third-order valence-electron chi connectivity index (χ3n) is 1.07. The first-order valence-electron chi connectivity index (χ1n) is 2.47. The predicted molar refractivity (Wildman–Crippen MR) is 32.5 cm³/mol. The minimum Gasteiger partial charge on any atom is -0.392 e. The highest BCUT2D eigenvalue weighted by Crippen LogP contribution is 2.11. The third-order valence-corrected chi connectivity index (χ3v) is 1.07. The summed E-state index contributed by atoms with van der Waals surface area (Å²) in [5.41, 5.74) is -0.569. The number of aliphatic hydroxyl groups excluding tert-OH is 1. The number of aliphatic imine (C=N–C) groups is 2. The molecule has 0 amide bonds. The highest BCUT2D eigenvalue weighted by atomic mass is 16.3. The number of hydrogen-bond acceptors (Lipinski definition) is 3. The van der Waals surface area contributed by atoms with E-state index in [1.54, 1.807) is 19.4 Å². The Balaban J connectivity index is 2.69. The summed E-state index contributed by atoms with van der Waals surface area (Å²) in [5, 5.41) is 8.60. The van der Waals surface area contributed by atoms with Crippen molar-refractivity contribution in [1.82, 2.24) is 0 Å². The maximum absolute atomic E-state index is 8.60. The van der Waals surface area contributed by atoms with E-state index in [-0.39, 0.29) is 6.61 Å². The van der Waals surface area contributed by atoms with Gasteiger partial charge in [0.05, 0.1) is 6.61 Å². The molecule has 3 heteroatoms. The normalized spacial score (nSPS) is 22.2. The second-order valence-electron chi connectivity index (χ2n) is 1.93. The van der Waals surface area contributed by atoms with Crippen LogP contribution in [-0.4, -0.2) is 29.8 Å². The molecule has 1 aliphatic heterocycles. The van der Waals surface area contributed by atoms with Gasteiger partial charge in [0.25, 0.3) is 0 Å². The van der Waals surface area contributed by atoms with Gasteiger partial charge >= 0.3 is 0 Å². The molecule has 0 saturated carbocycles. The zero-order chi connectivity index (χ0) is 6.04. The summed E-state index contributed by atoms with van der Waals surface area (Å²) in [6.07, 6.45) is 3.19. The zero-order valence-corrected chi connectivity index (χ0v) is 4.70. The average molecular weight is 112 g/mol. The molecule has 0 aromatic carbocycles. The van der Waals surface area contributed by atoms with Crippen molar-refractivity contribution in [2.75, 3.05) is 6.61 Å². The van der Waals surface area contributed by atoms with Gasteiger partial charge in [-0.3, -0.25) is 9.98 Å². The first kappa shape index (κ1) is 5.44. The van der Waals surface area contributed by atoms with Crippen molar-refractivity contribution in [3.63, 3.8) is 0 Å². The molecule has 1 rings (SSSR count). The highest BCUT2D eigenvalue weighted by Gasteiger charge is 2.20. The Hall–Kier alpha value is -0.700. The molecule has 0 fully saturated rings. The van der Waals surface area contributed by atoms with Crippen molar-refractivity contribution in [3.05, 3.63) is 0 Å². The fourth-order valence-corrected chi connectivity index (χ4v) is 0.503. The largest absolute Gasteiger partial charge is 0.392 e. The summed E-state index contributed by atoms with van der Waals surface area (Å²) in [7, 11) is 0. The molecule has 0 aromatic rings. The van der Waals surface area contributed by atoms with E-state index < -0.39 is 5.66 Å². The topological polar surface area (TPSA) is 45.0 Å². The van der Waals surface area contributed by atoms with Gasteiger partial charge in [-0.15, -0.1) is 0 Å². The van der Waals surface area contributed by atoms with Gasteiger partial charge in [-0.2, -0.15) is 0 Å². The molecule has 44 valence electrons. The zero-order valence-electron chi connectivity index (χ0n) is 4.70. The minimum absolute atomic E-state index is 0.0139. The fourth-order valence-electron chi connectivity index (χ4n) is 0.503. The Labute approximate surface area is 47.8 Å². The molecule has 0 aliphatic carbocycles. The Morgan fingerprint density at radius 3 is 2.25 bits per heavy atom. The summed E-state index contributed by atoms with van der Waals surface area (Å²) in [6.45, 7) is 1.76. The van der Waals surface area contributed by atoms with Crippen molar-refractivity contribution in [2.45, 2.75) is 12.6 Å². The first-order chi connectivity index (χ1) is 3.77. The van der Waals surface area contributed by atoms with Crippen LogP contribution in [0, 0.1) is 0 Å². The molecule has 0 saturated heterocycles. The van der Waals surface area contributed by atoms with E-state index in [2.05, 4.69) is 9.98 Å². The van der Waals surface area contributed by atoms with Crippen LogP contribution in [0.1, 0.15) is 6.92 Å². The lowest BCUT2D eigenvalue weighted by molar-refractivity contribution is 0.219. The number of rotatable bonds is 1. The molecular weight excluding hydrogens is 104 g/mol. The van der Waals surface area contributed by atoms with Crippen LogP contribution in [0.3, 0.4) is 0 Å². The van der Waals surface area contributed by atoms with Crippen LogP contribution in [0.5, 0.6) is 0 Å². The van der Waals surface area contributed by atoms with Gasteiger partial charge in [-0.05, 0) is 6.92 Å². The van der Waals surface area contributed by atoms with E-state index >= 15 is 0 Å². The van der Waals surface area contributed by atoms with Crippen LogP contribution >= 0.6 is 0 Å². The van der Waals surface area contributed by atoms with Crippen LogP contribution in [0.4, 0.5) is 0 Å². The van der Waals surface area contributed by atoms with E-state index in [1.165, 1.54) is 0 Å². The van der Waals surface area contributed by atoms with E-state index in [0.29, 0.717) is 0 Å². The van der Waals surface area contributed by atoms with Crippen LogP contribution < -0.4 is 0 Å². The summed E-state index contributed by atoms with van der Waals surface area (Å²) in [6, 6.07) is 0. The fraction of sp³-hybridized carbons (Fsp3) is 0.600. The van der Waals surface area contributed by atoms with Gasteiger partial charge in [-0.1, -0.05) is 0 Å². The molecule has 1 N–H and O–H groups in total.